The van der Waals surface area contributed by atoms with Crippen molar-refractivity contribution in [1.82, 2.24) is 14.8 Å². The van der Waals surface area contributed by atoms with Crippen LogP contribution in [0, 0.1) is 5.82 Å². The minimum atomic E-state index is -0.524. The average molecular weight is 397 g/mol. The van der Waals surface area contributed by atoms with Crippen molar-refractivity contribution >= 4 is 23.6 Å². The zero-order chi connectivity index (χ0) is 19.7. The molecule has 0 saturated heterocycles. The average Bonchev–Trinajstić information content (AvgIpc) is 3.28. The first-order valence-corrected chi connectivity index (χ1v) is 9.36. The Kier molecular flexibility index (Phi) is 5.05. The normalized spacial score (nSPS) is 12.4. The number of aromatic nitrogens is 3. The van der Waals surface area contributed by atoms with Crippen LogP contribution in [-0.4, -0.2) is 26.8 Å². The zero-order valence-electron chi connectivity index (χ0n) is 15.3. The fourth-order valence-electron chi connectivity index (χ4n) is 3.18. The van der Waals surface area contributed by atoms with Gasteiger partial charge in [-0.15, -0.1) is 0 Å². The Morgan fingerprint density at radius 1 is 1.25 bits per heavy atom. The van der Waals surface area contributed by atoms with Crippen molar-refractivity contribution in [2.75, 3.05) is 0 Å². The number of fused-ring (bicyclic) bond motifs is 1. The van der Waals surface area contributed by atoms with Gasteiger partial charge in [-0.2, -0.15) is 5.10 Å². The molecule has 0 N–H and O–H groups in total. The molecule has 1 aliphatic heterocycles. The van der Waals surface area contributed by atoms with E-state index in [0.29, 0.717) is 30.1 Å². The maximum Gasteiger partial charge on any atom is 0.181 e. The second-order valence-electron chi connectivity index (χ2n) is 6.82. The number of halogens is 2. The van der Waals surface area contributed by atoms with Crippen LogP contribution in [0.25, 0.3) is 11.4 Å². The third-order valence-electron chi connectivity index (χ3n) is 4.78. The number of hydrogen-bond donors (Lipinski definition) is 0. The highest BCUT2D eigenvalue weighted by Crippen LogP contribution is 2.22. The van der Waals surface area contributed by atoms with Crippen LogP contribution in [0.5, 0.6) is 0 Å². The number of carbonyl (C=O) groups is 1. The quantitative estimate of drug-likeness (QED) is 0.633. The Morgan fingerprint density at radius 2 is 2.11 bits per heavy atom. The van der Waals surface area contributed by atoms with Crippen LogP contribution in [0.3, 0.4) is 0 Å². The van der Waals surface area contributed by atoms with E-state index < -0.39 is 5.82 Å². The minimum Gasteiger partial charge on any atom is -0.299 e. The van der Waals surface area contributed by atoms with Crippen molar-refractivity contribution in [3.8, 4) is 11.4 Å². The molecule has 5 nitrogen and oxygen atoms in total. The summed E-state index contributed by atoms with van der Waals surface area (Å²) in [5.41, 5.74) is 4.00. The van der Waals surface area contributed by atoms with E-state index in [0.717, 1.165) is 17.7 Å². The predicted octanol–water partition coefficient (Wildman–Crippen LogP) is 3.95. The highest BCUT2D eigenvalue weighted by atomic mass is 35.5. The van der Waals surface area contributed by atoms with Gasteiger partial charge in [0.05, 0.1) is 18.0 Å². The second kappa shape index (κ2) is 7.64. The van der Waals surface area contributed by atoms with Crippen LogP contribution in [0.1, 0.15) is 28.9 Å². The van der Waals surface area contributed by atoms with E-state index >= 15 is 0 Å². The first-order valence-electron chi connectivity index (χ1n) is 8.98. The molecule has 28 heavy (non-hydrogen) atoms. The van der Waals surface area contributed by atoms with E-state index in [-0.39, 0.29) is 17.2 Å². The number of nitrogens with zero attached hydrogens (tertiary/aromatic N) is 4. The molecule has 3 aromatic rings. The maximum absolute atomic E-state index is 13.7. The fourth-order valence-corrected chi connectivity index (χ4v) is 3.30. The highest BCUT2D eigenvalue weighted by Gasteiger charge is 2.15. The summed E-state index contributed by atoms with van der Waals surface area (Å²) < 4.78 is 15.2. The summed E-state index contributed by atoms with van der Waals surface area (Å²) >= 11 is 5.72. The molecule has 4 rings (SSSR count). The van der Waals surface area contributed by atoms with Crippen molar-refractivity contribution in [3.05, 3.63) is 69.8 Å². The summed E-state index contributed by atoms with van der Waals surface area (Å²) in [5, 5.41) is 4.34. The van der Waals surface area contributed by atoms with E-state index in [9.17, 15) is 9.18 Å². The van der Waals surface area contributed by atoms with Gasteiger partial charge in [0.2, 0.25) is 0 Å². The Morgan fingerprint density at radius 3 is 2.93 bits per heavy atom. The molecule has 0 atom stereocenters. The first kappa shape index (κ1) is 18.5. The van der Waals surface area contributed by atoms with E-state index in [1.54, 1.807) is 17.8 Å². The van der Waals surface area contributed by atoms with Crippen molar-refractivity contribution in [2.24, 2.45) is 12.0 Å². The van der Waals surface area contributed by atoms with Crippen molar-refractivity contribution < 1.29 is 9.18 Å². The molecule has 142 valence electrons. The summed E-state index contributed by atoms with van der Waals surface area (Å²) in [6.07, 6.45) is 3.16. The van der Waals surface area contributed by atoms with Gasteiger partial charge in [0.25, 0.3) is 0 Å². The van der Waals surface area contributed by atoms with E-state index in [1.165, 1.54) is 17.7 Å². The topological polar surface area (TPSA) is 60.1 Å². The van der Waals surface area contributed by atoms with Crippen molar-refractivity contribution in [1.29, 1.82) is 0 Å². The molecule has 1 aliphatic rings. The van der Waals surface area contributed by atoms with E-state index in [4.69, 9.17) is 11.6 Å². The molecule has 7 heteroatoms. The van der Waals surface area contributed by atoms with Crippen LogP contribution >= 0.6 is 11.6 Å². The zero-order valence-corrected chi connectivity index (χ0v) is 16.1. The number of aliphatic imine (C=N–C) groups is 1. The molecule has 0 saturated carbocycles. The van der Waals surface area contributed by atoms with E-state index in [2.05, 4.69) is 33.3 Å². The third kappa shape index (κ3) is 3.87. The predicted molar refractivity (Wildman–Crippen MR) is 106 cm³/mol. The number of benzene rings is 2. The van der Waals surface area contributed by atoms with Crippen molar-refractivity contribution in [3.63, 3.8) is 0 Å². The van der Waals surface area contributed by atoms with Crippen LogP contribution in [0.15, 0.2) is 41.4 Å². The number of rotatable bonds is 6. The van der Waals surface area contributed by atoms with Gasteiger partial charge in [0.1, 0.15) is 17.4 Å². The number of carbonyl (C=O) groups excluding carboxylic acids is 1. The lowest BCUT2D eigenvalue weighted by atomic mass is 10.0. The lowest BCUT2D eigenvalue weighted by Crippen LogP contribution is -2.09. The van der Waals surface area contributed by atoms with Gasteiger partial charge < -0.3 is 0 Å². The monoisotopic (exact) mass is 396 g/mol. The summed E-state index contributed by atoms with van der Waals surface area (Å²) in [6, 6.07) is 10.6. The molecule has 0 bridgehead atoms. The SMILES string of the molecule is Cn1nc(-c2ccc(Cl)c(F)c2)nc1CC(=O)CCc1ccc2c(c1)C=NC2. The van der Waals surface area contributed by atoms with Gasteiger partial charge in [-0.3, -0.25) is 14.5 Å². The number of hydrogen-bond acceptors (Lipinski definition) is 4. The first-order chi connectivity index (χ1) is 13.5. The molecule has 0 spiro atoms. The molecule has 2 heterocycles. The smallest absolute Gasteiger partial charge is 0.181 e. The Labute approximate surface area is 166 Å². The van der Waals surface area contributed by atoms with Crippen molar-refractivity contribution in [2.45, 2.75) is 25.8 Å². The highest BCUT2D eigenvalue weighted by molar-refractivity contribution is 6.30. The summed E-state index contributed by atoms with van der Waals surface area (Å²) in [4.78, 5) is 21.1. The van der Waals surface area contributed by atoms with Crippen LogP contribution in [0.4, 0.5) is 4.39 Å². The van der Waals surface area contributed by atoms with Crippen LogP contribution in [-0.2, 0) is 31.2 Å². The van der Waals surface area contributed by atoms with Gasteiger partial charge in [-0.05, 0) is 47.4 Å². The molecule has 0 amide bonds. The van der Waals surface area contributed by atoms with Gasteiger partial charge in [0.15, 0.2) is 5.82 Å². The lowest BCUT2D eigenvalue weighted by molar-refractivity contribution is -0.118. The van der Waals surface area contributed by atoms with Crippen LogP contribution in [0.2, 0.25) is 5.02 Å². The Bertz CT molecular complexity index is 1090. The lowest BCUT2D eigenvalue weighted by Gasteiger charge is -2.04. The molecular formula is C21H18ClFN4O. The standard InChI is InChI=1S/C21H18ClFN4O/c1-27-20(25-21(26-27)14-5-7-18(22)19(23)9-14)10-17(28)6-3-13-2-4-15-11-24-12-16(15)8-13/h2,4-5,7-9,12H,3,6,10-11H2,1H3. The largest absolute Gasteiger partial charge is 0.299 e. The maximum atomic E-state index is 13.7. The Balaban J connectivity index is 1.41. The van der Waals surface area contributed by atoms with Gasteiger partial charge >= 0.3 is 0 Å². The Hall–Kier alpha value is -2.86. The summed E-state index contributed by atoms with van der Waals surface area (Å²) in [5.74, 6) is 0.484. The molecule has 1 aromatic heterocycles. The summed E-state index contributed by atoms with van der Waals surface area (Å²) in [6.45, 7) is 0.737. The molecule has 0 fully saturated rings. The minimum absolute atomic E-state index is 0.0490. The molecule has 2 aromatic carbocycles. The van der Waals surface area contributed by atoms with Gasteiger partial charge in [-0.25, -0.2) is 9.37 Å². The third-order valence-corrected chi connectivity index (χ3v) is 5.09. The molecular weight excluding hydrogens is 379 g/mol. The van der Waals surface area contributed by atoms with Crippen LogP contribution < -0.4 is 0 Å². The molecule has 0 aliphatic carbocycles. The summed E-state index contributed by atoms with van der Waals surface area (Å²) in [7, 11) is 1.73. The second-order valence-corrected chi connectivity index (χ2v) is 7.23. The number of Topliss-reactive ketones (excluding diaryl/α,β-unsaturated/α-hetero) is 1. The van der Waals surface area contributed by atoms with Gasteiger partial charge in [-0.1, -0.05) is 23.7 Å². The number of aryl methyl sites for hydroxylation is 2. The molecule has 0 unspecified atom stereocenters. The van der Waals surface area contributed by atoms with Gasteiger partial charge in [0, 0.05) is 25.2 Å². The molecule has 0 radical (unpaired) electrons. The number of ketones is 1. The van der Waals surface area contributed by atoms with E-state index in [1.807, 2.05) is 6.21 Å². The fraction of sp³-hybridized carbons (Fsp3) is 0.238.